The number of amides is 1. The highest BCUT2D eigenvalue weighted by atomic mass is 35.5. The lowest BCUT2D eigenvalue weighted by Crippen LogP contribution is -2.26. The van der Waals surface area contributed by atoms with E-state index in [1.54, 1.807) is 41.2 Å². The summed E-state index contributed by atoms with van der Waals surface area (Å²) in [6, 6.07) is 9.78. The minimum Gasteiger partial charge on any atom is -0.323 e. The topological polar surface area (TPSA) is 125 Å². The molecule has 0 saturated carbocycles. The molecule has 0 unspecified atom stereocenters. The van der Waals surface area contributed by atoms with Crippen LogP contribution in [0.2, 0.25) is 10.2 Å². The number of rotatable bonds is 4. The molecule has 1 N–H and O–H groups in total. The summed E-state index contributed by atoms with van der Waals surface area (Å²) < 4.78 is 20.9. The Hall–Kier alpha value is -4.35. The number of carbonyl (C=O) groups is 1. The lowest BCUT2D eigenvalue weighted by molar-refractivity contribution is -0.119. The Morgan fingerprint density at radius 3 is 2.71 bits per heavy atom. The highest BCUT2D eigenvalue weighted by Crippen LogP contribution is 2.33. The number of nitrogens with one attached hydrogen (secondary N) is 1. The van der Waals surface area contributed by atoms with E-state index in [9.17, 15) is 9.59 Å². The summed E-state index contributed by atoms with van der Waals surface area (Å²) in [6.45, 7) is 1.35. The standard InChI is InChI=1S/C29H27Cl2N9O2/c1-3-39-28-22-11-18(9-10-32-22)24(6-4-5-17(2)29(42)35-23(28)14-34-39)38-16-33-21(13-27(38)41)20-12-19(30)7-8-25(20)40-15-26(31)36-37-40/h7-17,24H,3-6H2,1-2H3,(H,35,42)/t17-,24+/m1/s1/i3D2. The van der Waals surface area contributed by atoms with Crippen LogP contribution in [0.1, 0.15) is 47.5 Å². The predicted octanol–water partition coefficient (Wildman–Crippen LogP) is 5.42. The number of aromatic nitrogens is 8. The second-order valence-electron chi connectivity index (χ2n) is 10.0. The van der Waals surface area contributed by atoms with Crippen molar-refractivity contribution in [2.45, 2.75) is 45.6 Å². The lowest BCUT2D eigenvalue weighted by atomic mass is 9.95. The van der Waals surface area contributed by atoms with Crippen LogP contribution in [0.5, 0.6) is 0 Å². The number of carbonyl (C=O) groups excluding carboxylic acids is 1. The summed E-state index contributed by atoms with van der Waals surface area (Å²) in [7, 11) is 0. The minimum absolute atomic E-state index is 0.204. The van der Waals surface area contributed by atoms with Crippen LogP contribution in [0.3, 0.4) is 0 Å². The Morgan fingerprint density at radius 2 is 1.95 bits per heavy atom. The molecule has 0 radical (unpaired) electrons. The van der Waals surface area contributed by atoms with Gasteiger partial charge in [-0.05, 0) is 55.7 Å². The molecular weight excluding hydrogens is 577 g/mol. The first-order valence-electron chi connectivity index (χ1n) is 14.3. The maximum absolute atomic E-state index is 13.8. The Kier molecular flexibility index (Phi) is 6.94. The van der Waals surface area contributed by atoms with Crippen LogP contribution in [0.15, 0.2) is 66.1 Å². The number of benzene rings is 1. The summed E-state index contributed by atoms with van der Waals surface area (Å²) in [5.41, 5.74) is 3.15. The third-order valence-electron chi connectivity index (χ3n) is 7.33. The van der Waals surface area contributed by atoms with Crippen LogP contribution in [0.4, 0.5) is 5.69 Å². The van der Waals surface area contributed by atoms with Gasteiger partial charge in [-0.1, -0.05) is 41.8 Å². The van der Waals surface area contributed by atoms with Gasteiger partial charge in [0.05, 0.1) is 50.3 Å². The van der Waals surface area contributed by atoms with E-state index in [4.69, 9.17) is 25.9 Å². The van der Waals surface area contributed by atoms with Crippen molar-refractivity contribution in [1.29, 1.82) is 0 Å². The quantitative estimate of drug-likeness (QED) is 0.290. The zero-order valence-corrected chi connectivity index (χ0v) is 24.2. The Bertz CT molecular complexity index is 1930. The fourth-order valence-corrected chi connectivity index (χ4v) is 5.47. The minimum atomic E-state index is -1.87. The Morgan fingerprint density at radius 1 is 1.10 bits per heavy atom. The first-order chi connectivity index (χ1) is 21.0. The van der Waals surface area contributed by atoms with Crippen molar-refractivity contribution in [2.75, 3.05) is 5.32 Å². The molecule has 1 aliphatic heterocycles. The van der Waals surface area contributed by atoms with Gasteiger partial charge < -0.3 is 5.32 Å². The fraction of sp³-hybridized carbons (Fsp3) is 0.276. The maximum atomic E-state index is 13.8. The van der Waals surface area contributed by atoms with Gasteiger partial charge in [0.1, 0.15) is 5.69 Å². The molecule has 11 nitrogen and oxygen atoms in total. The monoisotopic (exact) mass is 605 g/mol. The molecule has 1 aliphatic rings. The van der Waals surface area contributed by atoms with Gasteiger partial charge in [-0.2, -0.15) is 5.10 Å². The summed E-state index contributed by atoms with van der Waals surface area (Å²) in [4.78, 5) is 36.0. The van der Waals surface area contributed by atoms with Crippen LogP contribution >= 0.6 is 23.2 Å². The second-order valence-corrected chi connectivity index (χ2v) is 10.8. The van der Waals surface area contributed by atoms with Crippen molar-refractivity contribution >= 4 is 34.8 Å². The summed E-state index contributed by atoms with van der Waals surface area (Å²) >= 11 is 12.3. The molecule has 13 heteroatoms. The van der Waals surface area contributed by atoms with E-state index >= 15 is 0 Å². The number of nitrogens with zero attached hydrogens (tertiary/aromatic N) is 8. The first kappa shape index (κ1) is 25.4. The zero-order valence-electron chi connectivity index (χ0n) is 24.7. The number of anilines is 1. The number of hydrogen-bond donors (Lipinski definition) is 1. The van der Waals surface area contributed by atoms with Crippen molar-refractivity contribution in [3.63, 3.8) is 0 Å². The molecular formula is C29H27Cl2N9O2. The average molecular weight is 607 g/mol. The number of pyridine rings is 1. The average Bonchev–Trinajstić information content (AvgIpc) is 3.61. The van der Waals surface area contributed by atoms with E-state index < -0.39 is 12.5 Å². The maximum Gasteiger partial charge on any atom is 0.254 e. The molecule has 0 saturated heterocycles. The lowest BCUT2D eigenvalue weighted by Gasteiger charge is -2.23. The van der Waals surface area contributed by atoms with E-state index in [0.29, 0.717) is 58.3 Å². The Labute approximate surface area is 253 Å². The van der Waals surface area contributed by atoms with Gasteiger partial charge in [-0.15, -0.1) is 5.10 Å². The predicted molar refractivity (Wildman–Crippen MR) is 160 cm³/mol. The molecule has 1 amide bonds. The molecule has 5 aromatic rings. The summed E-state index contributed by atoms with van der Waals surface area (Å²) in [5.74, 6) is -0.537. The normalized spacial score (nSPS) is 18.2. The fourth-order valence-electron chi connectivity index (χ4n) is 5.18. The molecule has 0 fully saturated rings. The third-order valence-corrected chi connectivity index (χ3v) is 7.74. The van der Waals surface area contributed by atoms with Crippen LogP contribution in [0, 0.1) is 5.92 Å². The SMILES string of the molecule is [2H]C([2H])(C)n1ncc2c1-c1cc(ccn1)[C@@H](n1cnc(-c3cc(Cl)ccc3-n3cc(Cl)nn3)cc1=O)CCC[C@@H](C)C(=O)N2. The molecule has 214 valence electrons. The highest BCUT2D eigenvalue weighted by Gasteiger charge is 2.24. The number of fused-ring (bicyclic) bond motifs is 4. The van der Waals surface area contributed by atoms with Gasteiger partial charge in [0.2, 0.25) is 5.91 Å². The molecule has 2 atom stereocenters. The van der Waals surface area contributed by atoms with Crippen LogP contribution in [-0.2, 0) is 11.3 Å². The van der Waals surface area contributed by atoms with Crippen molar-refractivity contribution in [1.82, 2.24) is 39.3 Å². The van der Waals surface area contributed by atoms with Crippen LogP contribution < -0.4 is 10.9 Å². The van der Waals surface area contributed by atoms with E-state index in [1.807, 2.05) is 13.0 Å². The van der Waals surface area contributed by atoms with E-state index in [-0.39, 0.29) is 22.5 Å². The van der Waals surface area contributed by atoms with Crippen LogP contribution in [-0.4, -0.2) is 45.2 Å². The van der Waals surface area contributed by atoms with Crippen molar-refractivity contribution < 1.29 is 7.54 Å². The molecule has 5 heterocycles. The van der Waals surface area contributed by atoms with Gasteiger partial charge in [-0.3, -0.25) is 23.8 Å². The van der Waals surface area contributed by atoms with E-state index in [0.717, 1.165) is 5.56 Å². The largest absolute Gasteiger partial charge is 0.323 e. The highest BCUT2D eigenvalue weighted by molar-refractivity contribution is 6.31. The number of hydrogen-bond acceptors (Lipinski definition) is 7. The molecule has 4 aromatic heterocycles. The number of halogens is 2. The van der Waals surface area contributed by atoms with Crippen molar-refractivity contribution in [3.05, 3.63) is 87.4 Å². The van der Waals surface area contributed by atoms with Gasteiger partial charge in [0, 0.05) is 35.3 Å². The van der Waals surface area contributed by atoms with Gasteiger partial charge >= 0.3 is 0 Å². The molecule has 0 aliphatic carbocycles. The molecule has 0 spiro atoms. The third kappa shape index (κ3) is 5.33. The van der Waals surface area contributed by atoms with E-state index in [2.05, 4.69) is 30.7 Å². The first-order valence-corrected chi connectivity index (χ1v) is 14.1. The second kappa shape index (κ2) is 11.5. The molecule has 6 rings (SSSR count). The summed E-state index contributed by atoms with van der Waals surface area (Å²) in [5, 5.41) is 15.7. The molecule has 2 bridgehead atoms. The van der Waals surface area contributed by atoms with E-state index in [1.165, 1.54) is 34.9 Å². The van der Waals surface area contributed by atoms with Gasteiger partial charge in [0.25, 0.3) is 5.56 Å². The van der Waals surface area contributed by atoms with Crippen LogP contribution in [0.25, 0.3) is 28.3 Å². The van der Waals surface area contributed by atoms with Gasteiger partial charge in [-0.25, -0.2) is 9.67 Å². The molecule has 42 heavy (non-hydrogen) atoms. The zero-order chi connectivity index (χ0) is 31.2. The molecule has 1 aromatic carbocycles. The smallest absolute Gasteiger partial charge is 0.254 e. The summed E-state index contributed by atoms with van der Waals surface area (Å²) in [6.07, 6.45) is 7.86. The number of aryl methyl sites for hydroxylation is 1. The van der Waals surface area contributed by atoms with Crippen molar-refractivity contribution in [3.8, 4) is 28.3 Å². The Balaban J connectivity index is 1.46. The van der Waals surface area contributed by atoms with Gasteiger partial charge in [0.15, 0.2) is 5.15 Å². The van der Waals surface area contributed by atoms with Crippen molar-refractivity contribution in [2.24, 2.45) is 5.92 Å².